The second-order valence-electron chi connectivity index (χ2n) is 8.02. The smallest absolute Gasteiger partial charge is 0.253 e. The Morgan fingerprint density at radius 2 is 1.43 bits per heavy atom. The lowest BCUT2D eigenvalue weighted by Crippen LogP contribution is -2.52. The molecule has 0 spiro atoms. The molecule has 30 heavy (non-hydrogen) atoms. The fourth-order valence-electron chi connectivity index (χ4n) is 4.33. The van der Waals surface area contributed by atoms with Crippen molar-refractivity contribution in [3.8, 4) is 0 Å². The van der Waals surface area contributed by atoms with Crippen molar-refractivity contribution in [1.82, 2.24) is 14.7 Å². The Balaban J connectivity index is 1.33. The number of likely N-dealkylation sites (tertiary alicyclic amines) is 1. The third-order valence-corrected chi connectivity index (χ3v) is 6.16. The molecule has 2 aliphatic rings. The first-order chi connectivity index (χ1) is 14.5. The fourth-order valence-corrected chi connectivity index (χ4v) is 4.33. The number of amides is 3. The van der Waals surface area contributed by atoms with Crippen LogP contribution in [0.15, 0.2) is 60.7 Å². The van der Waals surface area contributed by atoms with E-state index in [9.17, 15) is 14.4 Å². The summed E-state index contributed by atoms with van der Waals surface area (Å²) in [5.41, 5.74) is 1.75. The zero-order chi connectivity index (χ0) is 21.1. The highest BCUT2D eigenvalue weighted by Crippen LogP contribution is 2.29. The minimum absolute atomic E-state index is 0.00149. The summed E-state index contributed by atoms with van der Waals surface area (Å²) in [6.07, 6.45) is 0.263. The van der Waals surface area contributed by atoms with Crippen molar-refractivity contribution in [2.24, 2.45) is 5.92 Å². The van der Waals surface area contributed by atoms with E-state index in [1.54, 1.807) is 4.90 Å². The second-order valence-corrected chi connectivity index (χ2v) is 8.02. The van der Waals surface area contributed by atoms with E-state index in [4.69, 9.17) is 0 Å². The molecule has 0 aromatic heterocycles. The quantitative estimate of drug-likeness (QED) is 0.786. The van der Waals surface area contributed by atoms with Gasteiger partial charge in [-0.1, -0.05) is 48.5 Å². The lowest BCUT2D eigenvalue weighted by atomic mass is 10.1. The summed E-state index contributed by atoms with van der Waals surface area (Å²) in [5.74, 6) is -0.248. The van der Waals surface area contributed by atoms with Gasteiger partial charge in [0.15, 0.2) is 0 Å². The molecule has 3 amide bonds. The van der Waals surface area contributed by atoms with E-state index in [2.05, 4.69) is 0 Å². The molecule has 0 N–H and O–H groups in total. The summed E-state index contributed by atoms with van der Waals surface area (Å²) in [7, 11) is 0. The van der Waals surface area contributed by atoms with Gasteiger partial charge in [0.2, 0.25) is 11.8 Å². The Labute approximate surface area is 177 Å². The normalized spacial score (nSPS) is 20.4. The molecule has 2 saturated heterocycles. The largest absolute Gasteiger partial charge is 0.339 e. The molecule has 6 nitrogen and oxygen atoms in total. The lowest BCUT2D eigenvalue weighted by Gasteiger charge is -2.36. The van der Waals surface area contributed by atoms with E-state index in [1.807, 2.05) is 77.4 Å². The van der Waals surface area contributed by atoms with Crippen LogP contribution >= 0.6 is 0 Å². The van der Waals surface area contributed by atoms with E-state index in [1.165, 1.54) is 0 Å². The van der Waals surface area contributed by atoms with E-state index >= 15 is 0 Å². The molecule has 2 heterocycles. The minimum Gasteiger partial charge on any atom is -0.339 e. The molecule has 0 saturated carbocycles. The first-order valence-electron chi connectivity index (χ1n) is 10.5. The Morgan fingerprint density at radius 3 is 2.07 bits per heavy atom. The predicted octanol–water partition coefficient (Wildman–Crippen LogP) is 2.58. The highest BCUT2D eigenvalue weighted by molar-refractivity contribution is 5.94. The van der Waals surface area contributed by atoms with E-state index in [0.29, 0.717) is 38.3 Å². The van der Waals surface area contributed by atoms with Crippen LogP contribution in [0.1, 0.15) is 35.3 Å². The molecule has 2 aliphatic heterocycles. The van der Waals surface area contributed by atoms with Crippen LogP contribution in [-0.2, 0) is 9.59 Å². The Bertz CT molecular complexity index is 908. The molecule has 0 aliphatic carbocycles. The molecule has 2 fully saturated rings. The highest BCUT2D eigenvalue weighted by atomic mass is 16.2. The topological polar surface area (TPSA) is 60.9 Å². The Hall–Kier alpha value is -3.15. The van der Waals surface area contributed by atoms with Crippen molar-refractivity contribution in [2.75, 3.05) is 32.7 Å². The third kappa shape index (κ3) is 4.08. The second kappa shape index (κ2) is 8.69. The first-order valence-corrected chi connectivity index (χ1v) is 10.5. The van der Waals surface area contributed by atoms with Crippen LogP contribution in [0.3, 0.4) is 0 Å². The van der Waals surface area contributed by atoms with Crippen molar-refractivity contribution in [1.29, 1.82) is 0 Å². The van der Waals surface area contributed by atoms with Gasteiger partial charge in [0, 0.05) is 44.7 Å². The van der Waals surface area contributed by atoms with Gasteiger partial charge >= 0.3 is 0 Å². The van der Waals surface area contributed by atoms with Crippen molar-refractivity contribution >= 4 is 17.7 Å². The first kappa shape index (κ1) is 20.1. The maximum atomic E-state index is 13.0. The number of hydrogen-bond donors (Lipinski definition) is 0. The van der Waals surface area contributed by atoms with Gasteiger partial charge < -0.3 is 14.7 Å². The molecule has 0 unspecified atom stereocenters. The summed E-state index contributed by atoms with van der Waals surface area (Å²) in [6, 6.07) is 19.1. The van der Waals surface area contributed by atoms with E-state index in [0.717, 1.165) is 5.56 Å². The van der Waals surface area contributed by atoms with Gasteiger partial charge in [-0.3, -0.25) is 14.4 Å². The van der Waals surface area contributed by atoms with Crippen LogP contribution in [0.4, 0.5) is 0 Å². The lowest BCUT2D eigenvalue weighted by molar-refractivity contribution is -0.137. The number of benzene rings is 2. The molecule has 2 atom stereocenters. The highest BCUT2D eigenvalue weighted by Gasteiger charge is 2.39. The van der Waals surface area contributed by atoms with Gasteiger partial charge in [-0.05, 0) is 24.6 Å². The zero-order valence-corrected chi connectivity index (χ0v) is 17.2. The number of piperazine rings is 1. The molecule has 156 valence electrons. The minimum atomic E-state index is -0.306. The number of rotatable bonds is 4. The summed E-state index contributed by atoms with van der Waals surface area (Å²) >= 11 is 0. The molecular formula is C24H27N3O3. The van der Waals surface area contributed by atoms with E-state index < -0.39 is 0 Å². The molecule has 4 rings (SSSR count). The average molecular weight is 405 g/mol. The summed E-state index contributed by atoms with van der Waals surface area (Å²) in [5, 5.41) is 0. The van der Waals surface area contributed by atoms with Gasteiger partial charge in [-0.25, -0.2) is 0 Å². The Morgan fingerprint density at radius 1 is 0.867 bits per heavy atom. The van der Waals surface area contributed by atoms with Gasteiger partial charge in [0.1, 0.15) is 0 Å². The molecule has 0 bridgehead atoms. The maximum absolute atomic E-state index is 13.0. The zero-order valence-electron chi connectivity index (χ0n) is 17.2. The molecule has 2 aromatic rings. The Kier molecular flexibility index (Phi) is 5.84. The van der Waals surface area contributed by atoms with Crippen LogP contribution in [-0.4, -0.2) is 65.1 Å². The summed E-state index contributed by atoms with van der Waals surface area (Å²) in [4.78, 5) is 43.6. The van der Waals surface area contributed by atoms with Crippen LogP contribution in [0.2, 0.25) is 0 Å². The number of carbonyl (C=O) groups excluding carboxylic acids is 3. The van der Waals surface area contributed by atoms with Crippen molar-refractivity contribution < 1.29 is 14.4 Å². The van der Waals surface area contributed by atoms with Gasteiger partial charge in [-0.15, -0.1) is 0 Å². The van der Waals surface area contributed by atoms with Crippen LogP contribution in [0.25, 0.3) is 0 Å². The number of carbonyl (C=O) groups is 3. The van der Waals surface area contributed by atoms with Gasteiger partial charge in [0.25, 0.3) is 5.91 Å². The molecule has 6 heteroatoms. The number of hydrogen-bond acceptors (Lipinski definition) is 3. The summed E-state index contributed by atoms with van der Waals surface area (Å²) < 4.78 is 0. The molecule has 0 radical (unpaired) electrons. The third-order valence-electron chi connectivity index (χ3n) is 6.16. The maximum Gasteiger partial charge on any atom is 0.253 e. The fraction of sp³-hybridized carbons (Fsp3) is 0.375. The SMILES string of the molecule is C[C@@H](c1ccccc1)N1C[C@@H](C(=O)N2CCN(C(=O)c3ccccc3)CC2)CC1=O. The summed E-state index contributed by atoms with van der Waals surface area (Å²) in [6.45, 7) is 4.52. The average Bonchev–Trinajstić information content (AvgIpc) is 3.20. The van der Waals surface area contributed by atoms with Crippen LogP contribution < -0.4 is 0 Å². The molecule has 2 aromatic carbocycles. The predicted molar refractivity (Wildman–Crippen MR) is 114 cm³/mol. The van der Waals surface area contributed by atoms with Gasteiger partial charge in [0.05, 0.1) is 12.0 Å². The van der Waals surface area contributed by atoms with Crippen molar-refractivity contribution in [3.63, 3.8) is 0 Å². The standard InChI is InChI=1S/C24H27N3O3/c1-18(19-8-4-2-5-9-19)27-17-21(16-22(27)28)24(30)26-14-12-25(13-15-26)23(29)20-10-6-3-7-11-20/h2-11,18,21H,12-17H2,1H3/t18-,21-/m0/s1. The van der Waals surface area contributed by atoms with Crippen molar-refractivity contribution in [3.05, 3.63) is 71.8 Å². The molecular weight excluding hydrogens is 378 g/mol. The van der Waals surface area contributed by atoms with E-state index in [-0.39, 0.29) is 36.1 Å². The van der Waals surface area contributed by atoms with Gasteiger partial charge in [-0.2, -0.15) is 0 Å². The monoisotopic (exact) mass is 405 g/mol. The van der Waals surface area contributed by atoms with Crippen LogP contribution in [0.5, 0.6) is 0 Å². The van der Waals surface area contributed by atoms with Crippen molar-refractivity contribution in [2.45, 2.75) is 19.4 Å². The number of nitrogens with zero attached hydrogens (tertiary/aromatic N) is 3. The van der Waals surface area contributed by atoms with Crippen LogP contribution in [0, 0.1) is 5.92 Å².